The minimum atomic E-state index is -0.839. The average molecular weight is 227 g/mol. The fourth-order valence-corrected chi connectivity index (χ4v) is 1.85. The van der Waals surface area contributed by atoms with Crippen LogP contribution < -0.4 is 0 Å². The Labute approximate surface area is 96.9 Å². The maximum Gasteiger partial charge on any atom is 0.330 e. The second-order valence-corrected chi connectivity index (χ2v) is 4.50. The predicted octanol–water partition coefficient (Wildman–Crippen LogP) is 1.38. The largest absolute Gasteiger partial charge is 0.478 e. The van der Waals surface area contributed by atoms with Crippen LogP contribution in [-0.2, 0) is 9.53 Å². The third-order valence-corrected chi connectivity index (χ3v) is 2.87. The Morgan fingerprint density at radius 2 is 2.38 bits per heavy atom. The van der Waals surface area contributed by atoms with Gasteiger partial charge in [-0.3, -0.25) is 0 Å². The van der Waals surface area contributed by atoms with Gasteiger partial charge in [0.15, 0.2) is 0 Å². The summed E-state index contributed by atoms with van der Waals surface area (Å²) in [6.45, 7) is 5.02. The van der Waals surface area contributed by atoms with Crippen molar-refractivity contribution in [3.05, 3.63) is 11.6 Å². The van der Waals surface area contributed by atoms with Crippen LogP contribution in [0.5, 0.6) is 0 Å². The monoisotopic (exact) mass is 227 g/mol. The molecule has 0 bridgehead atoms. The van der Waals surface area contributed by atoms with Crippen LogP contribution in [0.2, 0.25) is 0 Å². The normalized spacial score (nSPS) is 22.4. The molecule has 1 aliphatic rings. The van der Waals surface area contributed by atoms with Crippen LogP contribution in [-0.4, -0.2) is 49.3 Å². The van der Waals surface area contributed by atoms with Crippen molar-refractivity contribution < 1.29 is 14.6 Å². The first kappa shape index (κ1) is 13.2. The van der Waals surface area contributed by atoms with E-state index in [4.69, 9.17) is 9.84 Å². The lowest BCUT2D eigenvalue weighted by molar-refractivity contribution is -0.132. The molecule has 1 unspecified atom stereocenters. The van der Waals surface area contributed by atoms with Gasteiger partial charge in [0, 0.05) is 25.3 Å². The van der Waals surface area contributed by atoms with E-state index in [1.54, 1.807) is 13.0 Å². The van der Waals surface area contributed by atoms with E-state index in [9.17, 15) is 4.79 Å². The topological polar surface area (TPSA) is 49.8 Å². The van der Waals surface area contributed by atoms with Crippen LogP contribution in [0.4, 0.5) is 0 Å². The zero-order valence-corrected chi connectivity index (χ0v) is 10.1. The van der Waals surface area contributed by atoms with E-state index in [2.05, 4.69) is 4.90 Å². The molecule has 4 nitrogen and oxygen atoms in total. The highest BCUT2D eigenvalue weighted by molar-refractivity contribution is 5.85. The Kier molecular flexibility index (Phi) is 5.49. The molecular formula is C12H21NO3. The van der Waals surface area contributed by atoms with Crippen molar-refractivity contribution in [2.24, 2.45) is 5.92 Å². The SMILES string of the molecule is CC(=CCN(C)CC1CCCOC1)C(=O)O. The molecule has 0 aromatic rings. The summed E-state index contributed by atoms with van der Waals surface area (Å²) in [5.41, 5.74) is 0.409. The Morgan fingerprint density at radius 1 is 1.62 bits per heavy atom. The summed E-state index contributed by atoms with van der Waals surface area (Å²) in [5.74, 6) is -0.244. The van der Waals surface area contributed by atoms with Crippen molar-refractivity contribution >= 4 is 5.97 Å². The van der Waals surface area contributed by atoms with E-state index in [1.165, 1.54) is 6.42 Å². The predicted molar refractivity (Wildman–Crippen MR) is 62.4 cm³/mol. The van der Waals surface area contributed by atoms with Crippen molar-refractivity contribution in [2.45, 2.75) is 19.8 Å². The van der Waals surface area contributed by atoms with Crippen molar-refractivity contribution in [3.8, 4) is 0 Å². The lowest BCUT2D eigenvalue weighted by atomic mass is 10.0. The van der Waals surface area contributed by atoms with Gasteiger partial charge in [0.1, 0.15) is 0 Å². The highest BCUT2D eigenvalue weighted by atomic mass is 16.5. The molecule has 16 heavy (non-hydrogen) atoms. The first-order chi connectivity index (χ1) is 7.59. The van der Waals surface area contributed by atoms with Gasteiger partial charge >= 0.3 is 5.97 Å². The molecule has 0 spiro atoms. The highest BCUT2D eigenvalue weighted by Crippen LogP contribution is 2.14. The van der Waals surface area contributed by atoms with Gasteiger partial charge in [0.25, 0.3) is 0 Å². The van der Waals surface area contributed by atoms with Gasteiger partial charge in [-0.05, 0) is 32.7 Å². The number of carboxylic acids is 1. The molecular weight excluding hydrogens is 206 g/mol. The lowest BCUT2D eigenvalue weighted by Crippen LogP contribution is -2.31. The van der Waals surface area contributed by atoms with Crippen molar-refractivity contribution in [3.63, 3.8) is 0 Å². The quantitative estimate of drug-likeness (QED) is 0.721. The summed E-state index contributed by atoms with van der Waals surface area (Å²) in [4.78, 5) is 12.7. The van der Waals surface area contributed by atoms with E-state index in [1.807, 2.05) is 7.05 Å². The van der Waals surface area contributed by atoms with Gasteiger partial charge in [-0.2, -0.15) is 0 Å². The molecule has 1 saturated heterocycles. The number of carboxylic acid groups (broad SMARTS) is 1. The summed E-state index contributed by atoms with van der Waals surface area (Å²) < 4.78 is 5.41. The Hall–Kier alpha value is -0.870. The average Bonchev–Trinajstić information content (AvgIpc) is 2.27. The Balaban J connectivity index is 2.26. The maximum atomic E-state index is 10.6. The van der Waals surface area contributed by atoms with E-state index in [0.29, 0.717) is 18.0 Å². The van der Waals surface area contributed by atoms with E-state index < -0.39 is 5.97 Å². The fraction of sp³-hybridized carbons (Fsp3) is 0.750. The molecule has 0 aromatic carbocycles. The number of hydrogen-bond acceptors (Lipinski definition) is 3. The van der Waals surface area contributed by atoms with E-state index in [0.717, 1.165) is 26.2 Å². The van der Waals surface area contributed by atoms with Crippen LogP contribution in [0.25, 0.3) is 0 Å². The zero-order valence-electron chi connectivity index (χ0n) is 10.1. The zero-order chi connectivity index (χ0) is 12.0. The van der Waals surface area contributed by atoms with Crippen LogP contribution in [0.3, 0.4) is 0 Å². The highest BCUT2D eigenvalue weighted by Gasteiger charge is 2.15. The molecule has 0 aromatic heterocycles. The number of rotatable bonds is 5. The molecule has 92 valence electrons. The first-order valence-corrected chi connectivity index (χ1v) is 5.76. The van der Waals surface area contributed by atoms with Crippen molar-refractivity contribution in [1.82, 2.24) is 4.90 Å². The van der Waals surface area contributed by atoms with Gasteiger partial charge in [-0.15, -0.1) is 0 Å². The second kappa shape index (κ2) is 6.66. The third-order valence-electron chi connectivity index (χ3n) is 2.87. The number of hydrogen-bond donors (Lipinski definition) is 1. The number of likely N-dealkylation sites (N-methyl/N-ethyl adjacent to an activating group) is 1. The number of nitrogens with zero attached hydrogens (tertiary/aromatic N) is 1. The molecule has 0 saturated carbocycles. The summed E-state index contributed by atoms with van der Waals surface area (Å²) >= 11 is 0. The van der Waals surface area contributed by atoms with Gasteiger partial charge in [0.05, 0.1) is 6.61 Å². The molecule has 4 heteroatoms. The molecule has 0 radical (unpaired) electrons. The van der Waals surface area contributed by atoms with E-state index >= 15 is 0 Å². The molecule has 1 atom stereocenters. The molecule has 1 N–H and O–H groups in total. The molecule has 1 fully saturated rings. The third kappa shape index (κ3) is 4.77. The van der Waals surface area contributed by atoms with Gasteiger partial charge in [-0.1, -0.05) is 6.08 Å². The smallest absolute Gasteiger partial charge is 0.330 e. The summed E-state index contributed by atoms with van der Waals surface area (Å²) in [7, 11) is 2.01. The van der Waals surface area contributed by atoms with Gasteiger partial charge in [0.2, 0.25) is 0 Å². The summed E-state index contributed by atoms with van der Waals surface area (Å²) in [5, 5.41) is 8.71. The van der Waals surface area contributed by atoms with Gasteiger partial charge < -0.3 is 14.7 Å². The number of aliphatic carboxylic acids is 1. The van der Waals surface area contributed by atoms with Crippen molar-refractivity contribution in [1.29, 1.82) is 0 Å². The van der Waals surface area contributed by atoms with Gasteiger partial charge in [-0.25, -0.2) is 4.79 Å². The lowest BCUT2D eigenvalue weighted by Gasteiger charge is -2.26. The maximum absolute atomic E-state index is 10.6. The Morgan fingerprint density at radius 3 is 2.94 bits per heavy atom. The minimum absolute atomic E-state index is 0.409. The van der Waals surface area contributed by atoms with Crippen molar-refractivity contribution in [2.75, 3.05) is 33.4 Å². The standard InChI is InChI=1S/C12H21NO3/c1-10(12(14)15)5-6-13(2)8-11-4-3-7-16-9-11/h5,11H,3-4,6-9H2,1-2H3,(H,14,15). The second-order valence-electron chi connectivity index (χ2n) is 4.50. The molecule has 1 rings (SSSR count). The Bertz CT molecular complexity index is 257. The first-order valence-electron chi connectivity index (χ1n) is 5.76. The molecule has 1 aliphatic heterocycles. The molecule has 0 aliphatic carbocycles. The van der Waals surface area contributed by atoms with Crippen LogP contribution in [0.1, 0.15) is 19.8 Å². The van der Waals surface area contributed by atoms with E-state index in [-0.39, 0.29) is 0 Å². The fourth-order valence-electron chi connectivity index (χ4n) is 1.85. The van der Waals surface area contributed by atoms with Crippen LogP contribution in [0.15, 0.2) is 11.6 Å². The number of carbonyl (C=O) groups is 1. The summed E-state index contributed by atoms with van der Waals surface area (Å²) in [6.07, 6.45) is 4.11. The molecule has 1 heterocycles. The van der Waals surface area contributed by atoms with Crippen LogP contribution in [0, 0.1) is 5.92 Å². The molecule has 0 amide bonds. The van der Waals surface area contributed by atoms with Crippen LogP contribution >= 0.6 is 0 Å². The minimum Gasteiger partial charge on any atom is -0.478 e. The summed E-state index contributed by atoms with van der Waals surface area (Å²) in [6, 6.07) is 0. The number of ether oxygens (including phenoxy) is 1.